The minimum Gasteiger partial charge on any atom is -0.399 e. The first-order chi connectivity index (χ1) is 11.8. The standard InChI is InChI=1S/C19H29B2BrO4/c1-16(2)17(3,4)24-20(23-16)14-9-10-15(13(11-14)12-22)21-25-18(5,6)19(7,8)26-21/h9-11H,12H2,1-8H3. The van der Waals surface area contributed by atoms with Crippen LogP contribution in [0.5, 0.6) is 0 Å². The van der Waals surface area contributed by atoms with E-state index in [9.17, 15) is 0 Å². The van der Waals surface area contributed by atoms with Crippen LogP contribution in [0.15, 0.2) is 18.2 Å². The number of rotatable bonds is 3. The lowest BCUT2D eigenvalue weighted by Crippen LogP contribution is -2.41. The molecular formula is C19H29B2BrO4. The summed E-state index contributed by atoms with van der Waals surface area (Å²) in [5.74, 6) is 0. The van der Waals surface area contributed by atoms with Gasteiger partial charge in [0.15, 0.2) is 0 Å². The summed E-state index contributed by atoms with van der Waals surface area (Å²) in [5.41, 5.74) is 1.76. The molecule has 0 spiro atoms. The van der Waals surface area contributed by atoms with Gasteiger partial charge in [-0.2, -0.15) is 0 Å². The van der Waals surface area contributed by atoms with Crippen LogP contribution in [0.3, 0.4) is 0 Å². The predicted molar refractivity (Wildman–Crippen MR) is 111 cm³/mol. The summed E-state index contributed by atoms with van der Waals surface area (Å²) in [5, 5.41) is 0.708. The van der Waals surface area contributed by atoms with E-state index in [1.54, 1.807) is 0 Å². The Hall–Kier alpha value is -0.330. The van der Waals surface area contributed by atoms with Crippen LogP contribution in [0.2, 0.25) is 0 Å². The molecule has 0 atom stereocenters. The lowest BCUT2D eigenvalue weighted by molar-refractivity contribution is 0.00578. The molecule has 2 saturated heterocycles. The molecule has 3 rings (SSSR count). The molecule has 142 valence electrons. The zero-order valence-corrected chi connectivity index (χ0v) is 18.7. The molecule has 2 heterocycles. The van der Waals surface area contributed by atoms with Crippen molar-refractivity contribution in [2.24, 2.45) is 0 Å². The van der Waals surface area contributed by atoms with Gasteiger partial charge in [-0.25, -0.2) is 0 Å². The minimum atomic E-state index is -0.375. The van der Waals surface area contributed by atoms with Gasteiger partial charge in [-0.15, -0.1) is 0 Å². The Morgan fingerprint density at radius 1 is 0.731 bits per heavy atom. The van der Waals surface area contributed by atoms with E-state index in [0.717, 1.165) is 16.5 Å². The first-order valence-corrected chi connectivity index (χ1v) is 10.3. The number of alkyl halides is 1. The highest BCUT2D eigenvalue weighted by molar-refractivity contribution is 9.08. The molecule has 2 aliphatic rings. The van der Waals surface area contributed by atoms with Crippen molar-refractivity contribution in [2.75, 3.05) is 0 Å². The van der Waals surface area contributed by atoms with Crippen LogP contribution in [-0.2, 0) is 23.9 Å². The lowest BCUT2D eigenvalue weighted by Gasteiger charge is -2.32. The molecule has 2 fully saturated rings. The second-order valence-corrected chi connectivity index (χ2v) is 9.83. The Labute approximate surface area is 166 Å². The van der Waals surface area contributed by atoms with Crippen molar-refractivity contribution < 1.29 is 18.6 Å². The summed E-state index contributed by atoms with van der Waals surface area (Å²) < 4.78 is 24.8. The monoisotopic (exact) mass is 422 g/mol. The molecule has 0 amide bonds. The van der Waals surface area contributed by atoms with Gasteiger partial charge in [-0.05, 0) is 71.9 Å². The molecular weight excluding hydrogens is 394 g/mol. The normalized spacial score (nSPS) is 25.7. The van der Waals surface area contributed by atoms with Gasteiger partial charge in [0.05, 0.1) is 22.4 Å². The van der Waals surface area contributed by atoms with Crippen LogP contribution >= 0.6 is 15.9 Å². The van der Waals surface area contributed by atoms with Crippen molar-refractivity contribution in [1.29, 1.82) is 0 Å². The first-order valence-electron chi connectivity index (χ1n) is 9.20. The second kappa shape index (κ2) is 6.35. The van der Waals surface area contributed by atoms with Crippen LogP contribution in [0.1, 0.15) is 61.0 Å². The maximum atomic E-state index is 6.22. The zero-order valence-electron chi connectivity index (χ0n) is 17.1. The molecule has 1 aromatic rings. The SMILES string of the molecule is CC1(C)OB(c2ccc(B3OC(C)(C)C(C)(C)O3)c(CBr)c2)OC1(C)C. The van der Waals surface area contributed by atoms with E-state index >= 15 is 0 Å². The summed E-state index contributed by atoms with van der Waals surface area (Å²) in [7, 11) is -0.745. The quantitative estimate of drug-likeness (QED) is 0.553. The van der Waals surface area contributed by atoms with Gasteiger partial charge >= 0.3 is 14.2 Å². The summed E-state index contributed by atoms with van der Waals surface area (Å²) in [4.78, 5) is 0. The molecule has 0 aliphatic carbocycles. The molecule has 0 unspecified atom stereocenters. The van der Waals surface area contributed by atoms with Crippen molar-refractivity contribution in [3.63, 3.8) is 0 Å². The first kappa shape index (κ1) is 20.4. The van der Waals surface area contributed by atoms with Gasteiger partial charge in [-0.3, -0.25) is 0 Å². The molecule has 0 saturated carbocycles. The molecule has 0 aromatic heterocycles. The van der Waals surface area contributed by atoms with Gasteiger partial charge in [-0.1, -0.05) is 34.1 Å². The summed E-state index contributed by atoms with van der Waals surface area (Å²) >= 11 is 3.61. The second-order valence-electron chi connectivity index (χ2n) is 9.27. The molecule has 2 aliphatic heterocycles. The Bertz CT molecular complexity index is 671. The molecule has 26 heavy (non-hydrogen) atoms. The average molecular weight is 423 g/mol. The Morgan fingerprint density at radius 2 is 1.15 bits per heavy atom. The molecule has 7 heteroatoms. The largest absolute Gasteiger partial charge is 0.495 e. The highest BCUT2D eigenvalue weighted by Gasteiger charge is 2.53. The van der Waals surface area contributed by atoms with E-state index in [-0.39, 0.29) is 36.6 Å². The fourth-order valence-corrected chi connectivity index (χ4v) is 3.55. The summed E-state index contributed by atoms with van der Waals surface area (Å²) in [6.45, 7) is 16.5. The minimum absolute atomic E-state index is 0.351. The fraction of sp³-hybridized carbons (Fsp3) is 0.684. The van der Waals surface area contributed by atoms with Crippen molar-refractivity contribution in [3.05, 3.63) is 23.8 Å². The third-order valence-corrected chi connectivity index (χ3v) is 6.95. The summed E-state index contributed by atoms with van der Waals surface area (Å²) in [6, 6.07) is 6.24. The van der Waals surface area contributed by atoms with Crippen LogP contribution in [-0.4, -0.2) is 36.6 Å². The predicted octanol–water partition coefficient (Wildman–Crippen LogP) is 3.18. The van der Waals surface area contributed by atoms with Gasteiger partial charge in [0.2, 0.25) is 0 Å². The van der Waals surface area contributed by atoms with Crippen molar-refractivity contribution in [3.8, 4) is 0 Å². The lowest BCUT2D eigenvalue weighted by atomic mass is 9.71. The molecule has 0 radical (unpaired) electrons. The highest BCUT2D eigenvalue weighted by Crippen LogP contribution is 2.38. The van der Waals surface area contributed by atoms with Crippen molar-refractivity contribution >= 4 is 41.1 Å². The average Bonchev–Trinajstić information content (AvgIpc) is 2.86. The van der Waals surface area contributed by atoms with E-state index in [4.69, 9.17) is 18.6 Å². The maximum absolute atomic E-state index is 6.22. The van der Waals surface area contributed by atoms with Crippen LogP contribution in [0, 0.1) is 0 Å². The van der Waals surface area contributed by atoms with Gasteiger partial charge in [0, 0.05) is 5.33 Å². The van der Waals surface area contributed by atoms with Gasteiger partial charge in [0.1, 0.15) is 0 Å². The molecule has 1 aromatic carbocycles. The Kier molecular flexibility index (Phi) is 4.98. The van der Waals surface area contributed by atoms with Crippen molar-refractivity contribution in [2.45, 2.75) is 83.1 Å². The van der Waals surface area contributed by atoms with Crippen LogP contribution in [0.4, 0.5) is 0 Å². The maximum Gasteiger partial charge on any atom is 0.495 e. The van der Waals surface area contributed by atoms with E-state index in [1.165, 1.54) is 0 Å². The Balaban J connectivity index is 1.89. The van der Waals surface area contributed by atoms with Crippen LogP contribution < -0.4 is 10.9 Å². The molecule has 4 nitrogen and oxygen atoms in total. The third kappa shape index (κ3) is 3.30. The van der Waals surface area contributed by atoms with Gasteiger partial charge < -0.3 is 18.6 Å². The number of halogens is 1. The van der Waals surface area contributed by atoms with E-state index in [0.29, 0.717) is 5.33 Å². The summed E-state index contributed by atoms with van der Waals surface area (Å²) in [6.07, 6.45) is 0. The molecule has 0 N–H and O–H groups in total. The number of benzene rings is 1. The highest BCUT2D eigenvalue weighted by atomic mass is 79.9. The smallest absolute Gasteiger partial charge is 0.399 e. The van der Waals surface area contributed by atoms with E-state index in [2.05, 4.69) is 89.5 Å². The van der Waals surface area contributed by atoms with Gasteiger partial charge in [0.25, 0.3) is 0 Å². The van der Waals surface area contributed by atoms with E-state index < -0.39 is 0 Å². The Morgan fingerprint density at radius 3 is 1.58 bits per heavy atom. The number of hydrogen-bond acceptors (Lipinski definition) is 4. The zero-order chi connectivity index (χ0) is 19.5. The topological polar surface area (TPSA) is 36.9 Å². The van der Waals surface area contributed by atoms with Crippen molar-refractivity contribution in [1.82, 2.24) is 0 Å². The third-order valence-electron chi connectivity index (χ3n) is 6.34. The van der Waals surface area contributed by atoms with Crippen LogP contribution in [0.25, 0.3) is 0 Å². The van der Waals surface area contributed by atoms with E-state index in [1.807, 2.05) is 0 Å². The fourth-order valence-electron chi connectivity index (χ4n) is 3.07. The number of hydrogen-bond donors (Lipinski definition) is 0. The molecule has 0 bridgehead atoms.